The topological polar surface area (TPSA) is 38.3 Å². The van der Waals surface area contributed by atoms with Crippen molar-refractivity contribution in [1.82, 2.24) is 4.98 Å². The van der Waals surface area contributed by atoms with Gasteiger partial charge in [-0.1, -0.05) is 19.6 Å². The van der Waals surface area contributed by atoms with Crippen molar-refractivity contribution in [3.05, 3.63) is 0 Å². The van der Waals surface area contributed by atoms with Crippen LogP contribution in [0.1, 0.15) is 6.92 Å². The molecule has 84 valence electrons. The number of nitrogens with one attached hydrogen (secondary N) is 1. The average Bonchev–Trinajstić information content (AvgIpc) is 1.78. The minimum Gasteiger partial charge on any atom is -0.519 e. The van der Waals surface area contributed by atoms with Crippen molar-refractivity contribution in [1.29, 1.82) is 0 Å². The van der Waals surface area contributed by atoms with Gasteiger partial charge in [0.1, 0.15) is 8.24 Å². The van der Waals surface area contributed by atoms with Crippen LogP contribution < -0.4 is 4.98 Å². The second-order valence-corrected chi connectivity index (χ2v) is 14.9. The predicted molar refractivity (Wildman–Crippen MR) is 65.4 cm³/mol. The Morgan fingerprint density at radius 3 is 1.86 bits per heavy atom. The first-order valence-corrected chi connectivity index (χ1v) is 11.9. The Morgan fingerprint density at radius 1 is 1.14 bits per heavy atom. The van der Waals surface area contributed by atoms with E-state index in [1.807, 2.05) is 26.6 Å². The van der Waals surface area contributed by atoms with E-state index in [0.717, 1.165) is 0 Å². The van der Waals surface area contributed by atoms with Crippen molar-refractivity contribution >= 4 is 22.5 Å². The van der Waals surface area contributed by atoms with Crippen molar-refractivity contribution in [3.63, 3.8) is 0 Å². The standard InChI is InChI=1S/C9H23NO2Si2/c1-8(10-13(2,3)4)9(11)12-14(5,6)7/h8,10H,1-7H3/t8-/m1/s1. The smallest absolute Gasteiger partial charge is 0.308 e. The third-order valence-electron chi connectivity index (χ3n) is 1.41. The van der Waals surface area contributed by atoms with E-state index in [0.29, 0.717) is 0 Å². The monoisotopic (exact) mass is 233 g/mol. The Kier molecular flexibility index (Phi) is 4.54. The molecule has 14 heavy (non-hydrogen) atoms. The fraction of sp³-hybridized carbons (Fsp3) is 0.889. The van der Waals surface area contributed by atoms with Gasteiger partial charge in [-0.2, -0.15) is 0 Å². The van der Waals surface area contributed by atoms with Crippen LogP contribution in [0, 0.1) is 0 Å². The molecule has 0 radical (unpaired) electrons. The second kappa shape index (κ2) is 4.59. The van der Waals surface area contributed by atoms with Crippen molar-refractivity contribution in [2.24, 2.45) is 0 Å². The zero-order valence-corrected chi connectivity index (χ0v) is 12.4. The molecule has 0 spiro atoms. The van der Waals surface area contributed by atoms with E-state index in [1.165, 1.54) is 0 Å². The number of carbonyl (C=O) groups excluding carboxylic acids is 1. The zero-order valence-electron chi connectivity index (χ0n) is 10.4. The zero-order chi connectivity index (χ0) is 11.6. The molecule has 5 heteroatoms. The van der Waals surface area contributed by atoms with Crippen LogP contribution in [0.2, 0.25) is 39.3 Å². The van der Waals surface area contributed by atoms with Gasteiger partial charge in [-0.05, 0) is 26.6 Å². The number of hydrogen-bond donors (Lipinski definition) is 1. The molecular formula is C9H23NO2Si2. The minimum absolute atomic E-state index is 0.105. The van der Waals surface area contributed by atoms with Gasteiger partial charge >= 0.3 is 5.97 Å². The average molecular weight is 233 g/mol. The third-order valence-corrected chi connectivity index (χ3v) is 3.52. The Hall–Kier alpha value is -0.136. The van der Waals surface area contributed by atoms with Crippen LogP contribution in [-0.2, 0) is 9.22 Å². The highest BCUT2D eigenvalue weighted by Gasteiger charge is 2.26. The van der Waals surface area contributed by atoms with Gasteiger partial charge in [0.2, 0.25) is 8.32 Å². The van der Waals surface area contributed by atoms with Gasteiger partial charge in [-0.15, -0.1) is 0 Å². The van der Waals surface area contributed by atoms with Crippen molar-refractivity contribution in [2.45, 2.75) is 52.2 Å². The lowest BCUT2D eigenvalue weighted by Crippen LogP contribution is -2.51. The molecule has 0 aliphatic rings. The Balaban J connectivity index is 4.15. The first-order chi connectivity index (χ1) is 6.01. The Morgan fingerprint density at radius 2 is 1.57 bits per heavy atom. The first-order valence-electron chi connectivity index (χ1n) is 5.02. The van der Waals surface area contributed by atoms with Gasteiger partial charge in [0.05, 0.1) is 6.04 Å². The van der Waals surface area contributed by atoms with Crippen LogP contribution in [0.4, 0.5) is 0 Å². The lowest BCUT2D eigenvalue weighted by atomic mass is 10.4. The lowest BCUT2D eigenvalue weighted by molar-refractivity contribution is -0.136. The van der Waals surface area contributed by atoms with Gasteiger partial charge < -0.3 is 9.41 Å². The molecule has 3 nitrogen and oxygen atoms in total. The van der Waals surface area contributed by atoms with E-state index >= 15 is 0 Å². The van der Waals surface area contributed by atoms with Gasteiger partial charge in [0.15, 0.2) is 0 Å². The number of carbonyl (C=O) groups is 1. The molecule has 0 bridgehead atoms. The highest BCUT2D eigenvalue weighted by atomic mass is 28.4. The largest absolute Gasteiger partial charge is 0.519 e. The molecule has 0 aromatic heterocycles. The van der Waals surface area contributed by atoms with E-state index in [1.54, 1.807) is 0 Å². The highest BCUT2D eigenvalue weighted by molar-refractivity contribution is 6.74. The molecule has 0 fully saturated rings. The van der Waals surface area contributed by atoms with Gasteiger partial charge in [0.25, 0.3) is 0 Å². The number of hydrogen-bond acceptors (Lipinski definition) is 3. The molecule has 0 saturated heterocycles. The maximum Gasteiger partial charge on any atom is 0.308 e. The molecule has 0 rings (SSSR count). The Bertz CT molecular complexity index is 206. The Labute approximate surface area is 89.4 Å². The maximum absolute atomic E-state index is 11.6. The maximum atomic E-state index is 11.6. The molecule has 1 N–H and O–H groups in total. The van der Waals surface area contributed by atoms with E-state index in [2.05, 4.69) is 24.6 Å². The molecule has 0 amide bonds. The summed E-state index contributed by atoms with van der Waals surface area (Å²) in [5.74, 6) is -0.105. The summed E-state index contributed by atoms with van der Waals surface area (Å²) in [6.07, 6.45) is 0. The third kappa shape index (κ3) is 7.28. The van der Waals surface area contributed by atoms with Crippen LogP contribution in [0.25, 0.3) is 0 Å². The molecule has 0 unspecified atom stereocenters. The first kappa shape index (κ1) is 13.9. The number of rotatable bonds is 4. The summed E-state index contributed by atoms with van der Waals surface area (Å²) in [6, 6.07) is -0.173. The van der Waals surface area contributed by atoms with E-state index in [-0.39, 0.29) is 12.0 Å². The minimum atomic E-state index is -1.73. The highest BCUT2D eigenvalue weighted by Crippen LogP contribution is 2.06. The van der Waals surface area contributed by atoms with Gasteiger partial charge in [-0.3, -0.25) is 4.79 Å². The molecule has 0 aromatic rings. The summed E-state index contributed by atoms with van der Waals surface area (Å²) < 4.78 is 5.41. The summed E-state index contributed by atoms with van der Waals surface area (Å²) in [5.41, 5.74) is 0. The molecule has 0 saturated carbocycles. The van der Waals surface area contributed by atoms with E-state index in [4.69, 9.17) is 4.43 Å². The SMILES string of the molecule is C[C@@H](N[Si](C)(C)C)C(=O)O[Si](C)(C)C. The summed E-state index contributed by atoms with van der Waals surface area (Å²) >= 11 is 0. The van der Waals surface area contributed by atoms with Gasteiger partial charge in [-0.25, -0.2) is 0 Å². The summed E-state index contributed by atoms with van der Waals surface area (Å²) in [7, 11) is -3.13. The second-order valence-electron chi connectivity index (χ2n) is 5.65. The van der Waals surface area contributed by atoms with E-state index < -0.39 is 16.6 Å². The predicted octanol–water partition coefficient (Wildman–Crippen LogP) is 2.18. The van der Waals surface area contributed by atoms with E-state index in [9.17, 15) is 4.79 Å². The van der Waals surface area contributed by atoms with Crippen molar-refractivity contribution in [3.8, 4) is 0 Å². The molecule has 0 aliphatic heterocycles. The van der Waals surface area contributed by atoms with Crippen LogP contribution in [-0.4, -0.2) is 28.6 Å². The van der Waals surface area contributed by atoms with Crippen LogP contribution >= 0.6 is 0 Å². The van der Waals surface area contributed by atoms with Crippen molar-refractivity contribution in [2.75, 3.05) is 0 Å². The lowest BCUT2D eigenvalue weighted by Gasteiger charge is -2.26. The van der Waals surface area contributed by atoms with Crippen LogP contribution in [0.15, 0.2) is 0 Å². The van der Waals surface area contributed by atoms with Gasteiger partial charge in [0, 0.05) is 0 Å². The quantitative estimate of drug-likeness (QED) is 0.756. The molecule has 0 aromatic carbocycles. The molecule has 0 heterocycles. The molecular weight excluding hydrogens is 210 g/mol. The van der Waals surface area contributed by atoms with Crippen molar-refractivity contribution < 1.29 is 9.22 Å². The molecule has 0 aliphatic carbocycles. The fourth-order valence-corrected chi connectivity index (χ4v) is 3.30. The fourth-order valence-electron chi connectivity index (χ4n) is 1.10. The normalized spacial score (nSPS) is 15.1. The molecule has 1 atom stereocenters. The summed E-state index contributed by atoms with van der Waals surface area (Å²) in [4.78, 5) is 14.9. The van der Waals surface area contributed by atoms with Crippen LogP contribution in [0.3, 0.4) is 0 Å². The summed E-state index contributed by atoms with van der Waals surface area (Å²) in [5, 5.41) is 0. The van der Waals surface area contributed by atoms with Crippen LogP contribution in [0.5, 0.6) is 0 Å². The summed E-state index contributed by atoms with van der Waals surface area (Å²) in [6.45, 7) is 14.5.